The molecule has 3 aromatic rings. The van der Waals surface area contributed by atoms with Gasteiger partial charge in [-0.05, 0) is 17.7 Å². The van der Waals surface area contributed by atoms with Crippen molar-refractivity contribution >= 4 is 16.8 Å². The molecule has 0 atom stereocenters. The van der Waals surface area contributed by atoms with Crippen molar-refractivity contribution < 1.29 is 9.53 Å². The number of hydrogen-bond donors (Lipinski definition) is 1. The standard InChI is InChI=1S/C20H25N5O2/c1-23-12-15(17-5-3-4-6-19(17)23)13-24-8-9-25-16(14-24)11-18(22-25)20(26)21-7-10-27-2/h3-6,11-12H,7-10,13-14H2,1-2H3,(H,21,26). The van der Waals surface area contributed by atoms with Gasteiger partial charge in [0.05, 0.1) is 18.8 Å². The second-order valence-electron chi connectivity index (χ2n) is 6.99. The van der Waals surface area contributed by atoms with Gasteiger partial charge in [-0.3, -0.25) is 14.4 Å². The fourth-order valence-electron chi connectivity index (χ4n) is 3.72. The molecule has 1 amide bonds. The summed E-state index contributed by atoms with van der Waals surface area (Å²) >= 11 is 0. The second kappa shape index (κ2) is 7.54. The third-order valence-electron chi connectivity index (χ3n) is 5.07. The van der Waals surface area contributed by atoms with Gasteiger partial charge in [-0.2, -0.15) is 5.10 Å². The van der Waals surface area contributed by atoms with Gasteiger partial charge in [0.15, 0.2) is 0 Å². The molecule has 0 spiro atoms. The van der Waals surface area contributed by atoms with Gasteiger partial charge in [0.1, 0.15) is 5.69 Å². The molecule has 0 radical (unpaired) electrons. The molecule has 0 bridgehead atoms. The van der Waals surface area contributed by atoms with Crippen molar-refractivity contribution in [2.45, 2.75) is 19.6 Å². The number of aryl methyl sites for hydroxylation is 1. The van der Waals surface area contributed by atoms with Crippen molar-refractivity contribution in [3.8, 4) is 0 Å². The van der Waals surface area contributed by atoms with E-state index < -0.39 is 0 Å². The summed E-state index contributed by atoms with van der Waals surface area (Å²) in [5.41, 5.74) is 4.15. The lowest BCUT2D eigenvalue weighted by Gasteiger charge is -2.27. The molecule has 1 N–H and O–H groups in total. The Bertz CT molecular complexity index is 959. The number of nitrogens with zero attached hydrogens (tertiary/aromatic N) is 4. The lowest BCUT2D eigenvalue weighted by Crippen LogP contribution is -2.33. The van der Waals surface area contributed by atoms with Gasteiger partial charge in [0.2, 0.25) is 0 Å². The maximum absolute atomic E-state index is 12.2. The Morgan fingerprint density at radius 3 is 3.00 bits per heavy atom. The summed E-state index contributed by atoms with van der Waals surface area (Å²) in [7, 11) is 3.71. The van der Waals surface area contributed by atoms with E-state index >= 15 is 0 Å². The number of carbonyl (C=O) groups is 1. The number of benzene rings is 1. The summed E-state index contributed by atoms with van der Waals surface area (Å²) in [5, 5.41) is 8.59. The predicted octanol–water partition coefficient (Wildman–Crippen LogP) is 1.77. The normalized spacial score (nSPS) is 14.4. The van der Waals surface area contributed by atoms with E-state index in [2.05, 4.69) is 57.4 Å². The number of carbonyl (C=O) groups excluding carboxylic acids is 1. The van der Waals surface area contributed by atoms with E-state index in [1.54, 1.807) is 7.11 Å². The number of fused-ring (bicyclic) bond motifs is 2. The summed E-state index contributed by atoms with van der Waals surface area (Å²) in [4.78, 5) is 14.6. The molecule has 7 heteroatoms. The van der Waals surface area contributed by atoms with Crippen molar-refractivity contribution in [2.75, 3.05) is 26.8 Å². The molecule has 0 unspecified atom stereocenters. The number of hydrogen-bond acceptors (Lipinski definition) is 4. The zero-order valence-electron chi connectivity index (χ0n) is 15.8. The molecule has 142 valence electrons. The van der Waals surface area contributed by atoms with Crippen molar-refractivity contribution in [1.29, 1.82) is 0 Å². The predicted molar refractivity (Wildman–Crippen MR) is 103 cm³/mol. The first kappa shape index (κ1) is 17.8. The Morgan fingerprint density at radius 1 is 1.30 bits per heavy atom. The zero-order valence-corrected chi connectivity index (χ0v) is 15.8. The highest BCUT2D eigenvalue weighted by Gasteiger charge is 2.21. The van der Waals surface area contributed by atoms with E-state index in [1.807, 2.05) is 10.7 Å². The van der Waals surface area contributed by atoms with Gasteiger partial charge in [0.25, 0.3) is 5.91 Å². The first-order valence-corrected chi connectivity index (χ1v) is 9.25. The average Bonchev–Trinajstić information content (AvgIpc) is 3.24. The van der Waals surface area contributed by atoms with E-state index in [0.29, 0.717) is 18.8 Å². The van der Waals surface area contributed by atoms with Crippen LogP contribution in [0.5, 0.6) is 0 Å². The molecule has 2 aromatic heterocycles. The summed E-state index contributed by atoms with van der Waals surface area (Å²) in [6, 6.07) is 10.4. The molecule has 27 heavy (non-hydrogen) atoms. The smallest absolute Gasteiger partial charge is 0.271 e. The molecular weight excluding hydrogens is 342 g/mol. The molecule has 0 saturated carbocycles. The van der Waals surface area contributed by atoms with Crippen LogP contribution in [0.1, 0.15) is 21.7 Å². The number of amides is 1. The number of ether oxygens (including phenoxy) is 1. The van der Waals surface area contributed by atoms with E-state index in [4.69, 9.17) is 4.74 Å². The molecule has 7 nitrogen and oxygen atoms in total. The summed E-state index contributed by atoms with van der Waals surface area (Å²) in [5.74, 6) is -0.144. The molecule has 0 fully saturated rings. The molecule has 0 saturated heterocycles. The number of methoxy groups -OCH3 is 1. The molecule has 3 heterocycles. The second-order valence-corrected chi connectivity index (χ2v) is 6.99. The van der Waals surface area contributed by atoms with Gasteiger partial charge in [0, 0.05) is 57.4 Å². The number of para-hydroxylation sites is 1. The van der Waals surface area contributed by atoms with Gasteiger partial charge >= 0.3 is 0 Å². The third-order valence-corrected chi connectivity index (χ3v) is 5.07. The number of rotatable bonds is 6. The van der Waals surface area contributed by atoms with Crippen molar-refractivity contribution in [3.05, 3.63) is 53.5 Å². The van der Waals surface area contributed by atoms with Gasteiger partial charge in [-0.25, -0.2) is 0 Å². The fourth-order valence-corrected chi connectivity index (χ4v) is 3.72. The molecular formula is C20H25N5O2. The van der Waals surface area contributed by atoms with Crippen LogP contribution in [0, 0.1) is 0 Å². The minimum atomic E-state index is -0.144. The number of aromatic nitrogens is 3. The van der Waals surface area contributed by atoms with Crippen LogP contribution in [0.15, 0.2) is 36.5 Å². The highest BCUT2D eigenvalue weighted by molar-refractivity contribution is 5.92. The first-order chi connectivity index (χ1) is 13.2. The van der Waals surface area contributed by atoms with Crippen molar-refractivity contribution in [3.63, 3.8) is 0 Å². The Hall–Kier alpha value is -2.64. The van der Waals surface area contributed by atoms with E-state index in [1.165, 1.54) is 16.5 Å². The maximum atomic E-state index is 12.2. The average molecular weight is 367 g/mol. The monoisotopic (exact) mass is 367 g/mol. The van der Waals surface area contributed by atoms with Crippen LogP contribution in [0.2, 0.25) is 0 Å². The van der Waals surface area contributed by atoms with E-state index in [-0.39, 0.29) is 5.91 Å². The largest absolute Gasteiger partial charge is 0.383 e. The Kier molecular flexibility index (Phi) is 4.96. The van der Waals surface area contributed by atoms with Crippen LogP contribution in [-0.4, -0.2) is 52.0 Å². The van der Waals surface area contributed by atoms with Crippen LogP contribution in [0.25, 0.3) is 10.9 Å². The van der Waals surface area contributed by atoms with Crippen LogP contribution < -0.4 is 5.32 Å². The van der Waals surface area contributed by atoms with Crippen molar-refractivity contribution in [1.82, 2.24) is 24.6 Å². The lowest BCUT2D eigenvalue weighted by molar-refractivity contribution is 0.0931. The van der Waals surface area contributed by atoms with E-state index in [0.717, 1.165) is 31.9 Å². The molecule has 1 aliphatic rings. The van der Waals surface area contributed by atoms with Crippen LogP contribution in [0.4, 0.5) is 0 Å². The molecule has 1 aliphatic heterocycles. The van der Waals surface area contributed by atoms with E-state index in [9.17, 15) is 4.79 Å². The Balaban J connectivity index is 1.46. The fraction of sp³-hybridized carbons (Fsp3) is 0.400. The van der Waals surface area contributed by atoms with Gasteiger partial charge < -0.3 is 14.6 Å². The SMILES string of the molecule is COCCNC(=O)c1cc2n(n1)CCN(Cc1cn(C)c3ccccc13)C2. The first-order valence-electron chi connectivity index (χ1n) is 9.25. The molecule has 4 rings (SSSR count). The highest BCUT2D eigenvalue weighted by Crippen LogP contribution is 2.23. The maximum Gasteiger partial charge on any atom is 0.271 e. The third kappa shape index (κ3) is 3.61. The van der Waals surface area contributed by atoms with Crippen LogP contribution in [-0.2, 0) is 31.4 Å². The van der Waals surface area contributed by atoms with Crippen LogP contribution in [0.3, 0.4) is 0 Å². The van der Waals surface area contributed by atoms with Gasteiger partial charge in [-0.15, -0.1) is 0 Å². The molecule has 0 aliphatic carbocycles. The highest BCUT2D eigenvalue weighted by atomic mass is 16.5. The number of nitrogens with one attached hydrogen (secondary N) is 1. The summed E-state index contributed by atoms with van der Waals surface area (Å²) < 4.78 is 9.09. The minimum absolute atomic E-state index is 0.144. The summed E-state index contributed by atoms with van der Waals surface area (Å²) in [6.07, 6.45) is 2.21. The van der Waals surface area contributed by atoms with Gasteiger partial charge in [-0.1, -0.05) is 18.2 Å². The molecule has 1 aromatic carbocycles. The zero-order chi connectivity index (χ0) is 18.8. The van der Waals surface area contributed by atoms with Crippen molar-refractivity contribution in [2.24, 2.45) is 7.05 Å². The summed E-state index contributed by atoms with van der Waals surface area (Å²) in [6.45, 7) is 4.39. The minimum Gasteiger partial charge on any atom is -0.383 e. The quantitative estimate of drug-likeness (QED) is 0.675. The Morgan fingerprint density at radius 2 is 2.15 bits per heavy atom. The lowest BCUT2D eigenvalue weighted by atomic mass is 10.1. The van der Waals surface area contributed by atoms with Crippen LogP contribution >= 0.6 is 0 Å². The Labute approximate surface area is 158 Å². The topological polar surface area (TPSA) is 64.3 Å².